The van der Waals surface area contributed by atoms with E-state index in [1.165, 1.54) is 23.4 Å². The van der Waals surface area contributed by atoms with Crippen molar-refractivity contribution in [1.29, 1.82) is 0 Å². The van der Waals surface area contributed by atoms with Gasteiger partial charge < -0.3 is 11.1 Å². The molecule has 7 nitrogen and oxygen atoms in total. The molecule has 2 aromatic rings. The number of aryl methyl sites for hydroxylation is 2. The van der Waals surface area contributed by atoms with Gasteiger partial charge in [0.05, 0.1) is 29.5 Å². The molecule has 0 bridgehead atoms. The molecule has 0 aromatic carbocycles. The SMILES string of the molecule is Cc1nn(C)c(C(=O)Nc2cncnc2)c1N. The number of hydrogen-bond acceptors (Lipinski definition) is 5. The first-order chi connectivity index (χ1) is 8.09. The summed E-state index contributed by atoms with van der Waals surface area (Å²) >= 11 is 0. The number of nitrogens with two attached hydrogens (primary N) is 1. The van der Waals surface area contributed by atoms with Crippen molar-refractivity contribution in [1.82, 2.24) is 19.7 Å². The predicted octanol–water partition coefficient (Wildman–Crippen LogP) is 0.353. The second kappa shape index (κ2) is 4.20. The molecule has 0 aliphatic carbocycles. The van der Waals surface area contributed by atoms with Crippen molar-refractivity contribution in [2.45, 2.75) is 6.92 Å². The molecule has 0 fully saturated rings. The number of carbonyl (C=O) groups is 1. The van der Waals surface area contributed by atoms with E-state index in [9.17, 15) is 4.79 Å². The highest BCUT2D eigenvalue weighted by molar-refractivity contribution is 6.06. The quantitative estimate of drug-likeness (QED) is 0.778. The van der Waals surface area contributed by atoms with Gasteiger partial charge in [-0.3, -0.25) is 9.48 Å². The number of hydrogen-bond donors (Lipinski definition) is 2. The van der Waals surface area contributed by atoms with Gasteiger partial charge in [0.25, 0.3) is 5.91 Å². The van der Waals surface area contributed by atoms with Gasteiger partial charge >= 0.3 is 0 Å². The van der Waals surface area contributed by atoms with E-state index in [0.717, 1.165) is 0 Å². The van der Waals surface area contributed by atoms with Gasteiger partial charge in [-0.25, -0.2) is 9.97 Å². The monoisotopic (exact) mass is 232 g/mol. The van der Waals surface area contributed by atoms with E-state index in [0.29, 0.717) is 22.8 Å². The topological polar surface area (TPSA) is 98.7 Å². The Morgan fingerprint density at radius 3 is 2.59 bits per heavy atom. The summed E-state index contributed by atoms with van der Waals surface area (Å²) in [6, 6.07) is 0. The van der Waals surface area contributed by atoms with Crippen molar-refractivity contribution in [3.05, 3.63) is 30.1 Å². The highest BCUT2D eigenvalue weighted by atomic mass is 16.2. The number of aromatic nitrogens is 4. The van der Waals surface area contributed by atoms with E-state index in [1.54, 1.807) is 14.0 Å². The minimum Gasteiger partial charge on any atom is -0.395 e. The molecule has 0 saturated heterocycles. The third-order valence-electron chi connectivity index (χ3n) is 2.30. The van der Waals surface area contributed by atoms with Gasteiger partial charge in [0.15, 0.2) is 0 Å². The van der Waals surface area contributed by atoms with Crippen LogP contribution < -0.4 is 11.1 Å². The average molecular weight is 232 g/mol. The zero-order chi connectivity index (χ0) is 12.4. The fourth-order valence-corrected chi connectivity index (χ4v) is 1.50. The van der Waals surface area contributed by atoms with Crippen molar-refractivity contribution in [3.63, 3.8) is 0 Å². The Morgan fingerprint density at radius 1 is 1.41 bits per heavy atom. The summed E-state index contributed by atoms with van der Waals surface area (Å²) in [6.07, 6.45) is 4.40. The summed E-state index contributed by atoms with van der Waals surface area (Å²) in [5.74, 6) is -0.333. The van der Waals surface area contributed by atoms with E-state index >= 15 is 0 Å². The van der Waals surface area contributed by atoms with Crippen LogP contribution in [0.4, 0.5) is 11.4 Å². The number of nitrogens with one attached hydrogen (secondary N) is 1. The summed E-state index contributed by atoms with van der Waals surface area (Å²) in [5.41, 5.74) is 7.62. The Labute approximate surface area is 97.7 Å². The molecular formula is C10H12N6O. The lowest BCUT2D eigenvalue weighted by molar-refractivity contribution is 0.101. The smallest absolute Gasteiger partial charge is 0.276 e. The molecule has 7 heteroatoms. The Kier molecular flexibility index (Phi) is 2.73. The number of amides is 1. The van der Waals surface area contributed by atoms with Crippen molar-refractivity contribution in [3.8, 4) is 0 Å². The third-order valence-corrected chi connectivity index (χ3v) is 2.30. The molecule has 2 heterocycles. The minimum atomic E-state index is -0.333. The molecule has 3 N–H and O–H groups in total. The highest BCUT2D eigenvalue weighted by Gasteiger charge is 2.17. The van der Waals surface area contributed by atoms with Crippen LogP contribution in [0.25, 0.3) is 0 Å². The number of nitrogens with zero attached hydrogens (tertiary/aromatic N) is 4. The van der Waals surface area contributed by atoms with Gasteiger partial charge in [0.1, 0.15) is 12.0 Å². The summed E-state index contributed by atoms with van der Waals surface area (Å²) in [6.45, 7) is 1.75. The number of rotatable bonds is 2. The lowest BCUT2D eigenvalue weighted by Crippen LogP contribution is -2.17. The maximum atomic E-state index is 12.0. The van der Waals surface area contributed by atoms with Crippen LogP contribution in [0.1, 0.15) is 16.2 Å². The van der Waals surface area contributed by atoms with Gasteiger partial charge in [-0.1, -0.05) is 0 Å². The van der Waals surface area contributed by atoms with Crippen molar-refractivity contribution >= 4 is 17.3 Å². The molecule has 1 amide bonds. The first kappa shape index (κ1) is 11.1. The Balaban J connectivity index is 2.27. The van der Waals surface area contributed by atoms with Crippen LogP contribution in [0.5, 0.6) is 0 Å². The molecule has 17 heavy (non-hydrogen) atoms. The van der Waals surface area contributed by atoms with Crippen LogP contribution in [0, 0.1) is 6.92 Å². The second-order valence-electron chi connectivity index (χ2n) is 3.55. The fraction of sp³-hybridized carbons (Fsp3) is 0.200. The fourth-order valence-electron chi connectivity index (χ4n) is 1.50. The first-order valence-electron chi connectivity index (χ1n) is 4.95. The van der Waals surface area contributed by atoms with Crippen LogP contribution in [-0.2, 0) is 7.05 Å². The molecule has 2 rings (SSSR count). The van der Waals surface area contributed by atoms with Gasteiger partial charge in [0.2, 0.25) is 0 Å². The van der Waals surface area contributed by atoms with E-state index < -0.39 is 0 Å². The summed E-state index contributed by atoms with van der Waals surface area (Å²) in [5, 5.41) is 6.72. The molecule has 0 saturated carbocycles. The van der Waals surface area contributed by atoms with Gasteiger partial charge in [0, 0.05) is 7.05 Å². The molecular weight excluding hydrogens is 220 g/mol. The largest absolute Gasteiger partial charge is 0.395 e. The standard InChI is InChI=1S/C10H12N6O/c1-6-8(11)9(16(2)15-6)10(17)14-7-3-12-5-13-4-7/h3-5H,11H2,1-2H3,(H,14,17). The van der Waals surface area contributed by atoms with E-state index in [1.807, 2.05) is 0 Å². The normalized spacial score (nSPS) is 10.2. The lowest BCUT2D eigenvalue weighted by atomic mass is 10.3. The van der Waals surface area contributed by atoms with E-state index in [4.69, 9.17) is 5.73 Å². The van der Waals surface area contributed by atoms with Crippen molar-refractivity contribution in [2.24, 2.45) is 7.05 Å². The van der Waals surface area contributed by atoms with Crippen LogP contribution in [0.2, 0.25) is 0 Å². The Morgan fingerprint density at radius 2 is 2.06 bits per heavy atom. The van der Waals surface area contributed by atoms with Crippen molar-refractivity contribution in [2.75, 3.05) is 11.1 Å². The van der Waals surface area contributed by atoms with Gasteiger partial charge in [-0.2, -0.15) is 5.10 Å². The Bertz CT molecular complexity index is 547. The zero-order valence-electron chi connectivity index (χ0n) is 9.51. The molecule has 88 valence electrons. The second-order valence-corrected chi connectivity index (χ2v) is 3.55. The van der Waals surface area contributed by atoms with Crippen LogP contribution >= 0.6 is 0 Å². The summed E-state index contributed by atoms with van der Waals surface area (Å²) < 4.78 is 1.45. The molecule has 0 radical (unpaired) electrons. The first-order valence-corrected chi connectivity index (χ1v) is 4.95. The maximum absolute atomic E-state index is 12.0. The van der Waals surface area contributed by atoms with Crippen LogP contribution in [0.3, 0.4) is 0 Å². The number of nitrogen functional groups attached to an aromatic ring is 1. The highest BCUT2D eigenvalue weighted by Crippen LogP contribution is 2.16. The Hall–Kier alpha value is -2.44. The average Bonchev–Trinajstić information content (AvgIpc) is 2.54. The predicted molar refractivity (Wildman–Crippen MR) is 62.3 cm³/mol. The lowest BCUT2D eigenvalue weighted by Gasteiger charge is -2.04. The zero-order valence-corrected chi connectivity index (χ0v) is 9.51. The third kappa shape index (κ3) is 2.07. The van der Waals surface area contributed by atoms with Gasteiger partial charge in [-0.15, -0.1) is 0 Å². The maximum Gasteiger partial charge on any atom is 0.276 e. The molecule has 2 aromatic heterocycles. The molecule has 0 aliphatic rings. The van der Waals surface area contributed by atoms with E-state index in [2.05, 4.69) is 20.4 Å². The minimum absolute atomic E-state index is 0.325. The summed E-state index contributed by atoms with van der Waals surface area (Å²) in [7, 11) is 1.67. The van der Waals surface area contributed by atoms with E-state index in [-0.39, 0.29) is 5.91 Å². The van der Waals surface area contributed by atoms with Crippen LogP contribution in [-0.4, -0.2) is 25.7 Å². The molecule has 0 aliphatic heterocycles. The molecule has 0 unspecified atom stereocenters. The van der Waals surface area contributed by atoms with Gasteiger partial charge in [-0.05, 0) is 6.92 Å². The summed E-state index contributed by atoms with van der Waals surface area (Å²) in [4.78, 5) is 19.6. The number of anilines is 2. The molecule has 0 atom stereocenters. The molecule has 0 spiro atoms. The number of carbonyl (C=O) groups excluding carboxylic acids is 1. The van der Waals surface area contributed by atoms with Crippen LogP contribution in [0.15, 0.2) is 18.7 Å². The van der Waals surface area contributed by atoms with Crippen molar-refractivity contribution < 1.29 is 4.79 Å².